The fourth-order valence-corrected chi connectivity index (χ4v) is 9.99. The molecule has 1 spiro atoms. The van der Waals surface area contributed by atoms with E-state index in [-0.39, 0.29) is 48.0 Å². The van der Waals surface area contributed by atoms with Crippen LogP contribution in [0.4, 0.5) is 0 Å². The predicted molar refractivity (Wildman–Crippen MR) is 153 cm³/mol. The number of esters is 1. The van der Waals surface area contributed by atoms with E-state index in [9.17, 15) is 24.5 Å². The summed E-state index contributed by atoms with van der Waals surface area (Å²) in [4.78, 5) is 37.7. The highest BCUT2D eigenvalue weighted by atomic mass is 16.6. The summed E-state index contributed by atoms with van der Waals surface area (Å²) >= 11 is 0. The number of aliphatic hydroxyl groups is 1. The summed E-state index contributed by atoms with van der Waals surface area (Å²) in [5.41, 5.74) is -0.350. The molecule has 1 aromatic carbocycles. The van der Waals surface area contributed by atoms with Gasteiger partial charge >= 0.3 is 19.1 Å². The zero-order valence-corrected chi connectivity index (χ0v) is 24.7. The Morgan fingerprint density at radius 2 is 2.00 bits per heavy atom. The minimum Gasteiger partial charge on any atom is -0.482 e. The zero-order chi connectivity index (χ0) is 30.4. The molecule has 226 valence electrons. The number of rotatable bonds is 7. The van der Waals surface area contributed by atoms with E-state index in [0.29, 0.717) is 35.4 Å². The van der Waals surface area contributed by atoms with Crippen molar-refractivity contribution in [3.63, 3.8) is 0 Å². The Kier molecular flexibility index (Phi) is 6.95. The van der Waals surface area contributed by atoms with Crippen LogP contribution in [0, 0.1) is 45.8 Å². The summed E-state index contributed by atoms with van der Waals surface area (Å²) in [5, 5.41) is 31.2. The number of fused-ring (bicyclic) bond motifs is 2. The second-order valence-corrected chi connectivity index (χ2v) is 14.0. The van der Waals surface area contributed by atoms with E-state index in [4.69, 9.17) is 19.2 Å². The minimum atomic E-state index is -1.28. The molecule has 0 radical (unpaired) electrons. The number of hydrogen-bond acceptors (Lipinski definition) is 8. The number of ketones is 1. The highest BCUT2D eigenvalue weighted by Gasteiger charge is 2.79. The largest absolute Gasteiger partial charge is 0.492 e. The van der Waals surface area contributed by atoms with Gasteiger partial charge in [0, 0.05) is 23.2 Å². The van der Waals surface area contributed by atoms with Gasteiger partial charge in [-0.3, -0.25) is 9.59 Å². The van der Waals surface area contributed by atoms with Crippen LogP contribution in [-0.2, 0) is 23.8 Å². The topological polar surface area (TPSA) is 140 Å². The lowest BCUT2D eigenvalue weighted by molar-refractivity contribution is -0.322. The average Bonchev–Trinajstić information content (AvgIpc) is 3.25. The first-order valence-corrected chi connectivity index (χ1v) is 15.1. The second-order valence-electron chi connectivity index (χ2n) is 14.0. The molecule has 0 amide bonds. The SMILES string of the molecule is C=C[C@]1(C)C[C@@H](OC(=O)COc2ccc3c(c2)B(O)OC3CC(=O)O)[C@]2(C)[C@H](C)C[C@H]3C4C(=O)CC[C@@]3([C@@H](C)[C@@H]1O)[C@@H]42. The van der Waals surface area contributed by atoms with Crippen molar-refractivity contribution in [2.45, 2.75) is 78.1 Å². The van der Waals surface area contributed by atoms with E-state index in [1.807, 2.05) is 6.92 Å². The lowest BCUT2D eigenvalue weighted by atomic mass is 9.25. The molecule has 1 heterocycles. The van der Waals surface area contributed by atoms with Crippen molar-refractivity contribution in [2.24, 2.45) is 45.8 Å². The molecule has 9 nitrogen and oxygen atoms in total. The van der Waals surface area contributed by atoms with Gasteiger partial charge in [0.25, 0.3) is 0 Å². The molecule has 5 aliphatic carbocycles. The molecule has 6 aliphatic rings. The summed E-state index contributed by atoms with van der Waals surface area (Å²) in [5.74, 6) is -0.533. The van der Waals surface area contributed by atoms with E-state index in [0.717, 1.165) is 12.8 Å². The van der Waals surface area contributed by atoms with Crippen LogP contribution in [0.15, 0.2) is 30.9 Å². The van der Waals surface area contributed by atoms with Crippen LogP contribution in [0.1, 0.15) is 71.5 Å². The highest BCUT2D eigenvalue weighted by Crippen LogP contribution is 2.79. The van der Waals surface area contributed by atoms with E-state index >= 15 is 0 Å². The van der Waals surface area contributed by atoms with Crippen LogP contribution < -0.4 is 10.2 Å². The highest BCUT2D eigenvalue weighted by molar-refractivity contribution is 6.61. The molecular formula is C32H41BO9. The molecule has 1 aromatic rings. The lowest BCUT2D eigenvalue weighted by Gasteiger charge is -2.78. The standard InChI is InChI=1S/C32H41BO9/c1-6-30(4)14-24(31(5)16(2)11-20-27-22(34)9-10-32(20,28(27)31)17(3)29(30)38)41-26(37)15-40-18-7-8-19-21(12-18)33(39)42-23(19)13-25(35)36/h6-8,12,16-17,20,23-24,27-29,38-39H,1,9-11,13-15H2,2-5H3,(H,35,36)/t16-,17+,20+,23?,24-,27?,28+,29+,30-,31+,32+/m1/s1. The fourth-order valence-electron chi connectivity index (χ4n) is 9.99. The number of Topliss-reactive ketones (excluding diaryl/α,β-unsaturated/α-hetero) is 1. The van der Waals surface area contributed by atoms with Crippen molar-refractivity contribution in [1.29, 1.82) is 0 Å². The van der Waals surface area contributed by atoms with Gasteiger partial charge in [0.05, 0.1) is 18.6 Å². The van der Waals surface area contributed by atoms with Crippen molar-refractivity contribution < 1.29 is 43.7 Å². The normalized spacial score (nSPS) is 43.4. The first-order chi connectivity index (χ1) is 19.8. The van der Waals surface area contributed by atoms with Gasteiger partial charge in [-0.05, 0) is 71.5 Å². The number of ether oxygens (including phenoxy) is 2. The Morgan fingerprint density at radius 3 is 2.69 bits per heavy atom. The van der Waals surface area contributed by atoms with Crippen LogP contribution in [0.5, 0.6) is 5.75 Å². The lowest BCUT2D eigenvalue weighted by Crippen LogP contribution is -2.78. The number of carbonyl (C=O) groups is 3. The number of aliphatic hydroxyl groups excluding tert-OH is 1. The van der Waals surface area contributed by atoms with Gasteiger partial charge in [0.2, 0.25) is 0 Å². The van der Waals surface area contributed by atoms with Crippen molar-refractivity contribution in [3.05, 3.63) is 36.4 Å². The maximum Gasteiger partial charge on any atom is 0.492 e. The molecule has 5 bridgehead atoms. The Hall–Kier alpha value is -2.69. The molecule has 1 aliphatic heterocycles. The quantitative estimate of drug-likeness (QED) is 0.252. The van der Waals surface area contributed by atoms with Gasteiger partial charge in [0.15, 0.2) is 6.61 Å². The molecular weight excluding hydrogens is 539 g/mol. The van der Waals surface area contributed by atoms with Crippen LogP contribution in [0.25, 0.3) is 0 Å². The molecule has 0 saturated heterocycles. The molecule has 2 unspecified atom stereocenters. The number of hydrogen-bond donors (Lipinski definition) is 3. The molecule has 7 rings (SSSR count). The zero-order valence-electron chi connectivity index (χ0n) is 24.7. The van der Waals surface area contributed by atoms with Gasteiger partial charge in [0.1, 0.15) is 17.6 Å². The van der Waals surface area contributed by atoms with Crippen molar-refractivity contribution in [3.8, 4) is 5.75 Å². The first-order valence-electron chi connectivity index (χ1n) is 15.1. The third-order valence-electron chi connectivity index (χ3n) is 12.3. The molecule has 42 heavy (non-hydrogen) atoms. The van der Waals surface area contributed by atoms with E-state index in [1.54, 1.807) is 24.3 Å². The van der Waals surface area contributed by atoms with Crippen molar-refractivity contribution in [1.82, 2.24) is 0 Å². The van der Waals surface area contributed by atoms with Crippen molar-refractivity contribution >= 4 is 30.3 Å². The number of carbonyl (C=O) groups excluding carboxylic acids is 2. The first kappa shape index (κ1) is 29.4. The van der Waals surface area contributed by atoms with E-state index in [1.165, 1.54) is 0 Å². The molecule has 0 aromatic heterocycles. The Bertz CT molecular complexity index is 1330. The molecule has 5 fully saturated rings. The van der Waals surface area contributed by atoms with Crippen LogP contribution in [0.2, 0.25) is 0 Å². The number of carboxylic acids is 1. The summed E-state index contributed by atoms with van der Waals surface area (Å²) < 4.78 is 17.4. The van der Waals surface area contributed by atoms with Crippen LogP contribution in [-0.4, -0.2) is 58.9 Å². The van der Waals surface area contributed by atoms with Crippen LogP contribution in [0.3, 0.4) is 0 Å². The van der Waals surface area contributed by atoms with E-state index < -0.39 is 48.2 Å². The maximum atomic E-state index is 13.4. The number of benzene rings is 1. The minimum absolute atomic E-state index is 0.0131. The Labute approximate surface area is 246 Å². The van der Waals surface area contributed by atoms with Gasteiger partial charge < -0.3 is 29.4 Å². The van der Waals surface area contributed by atoms with Gasteiger partial charge in [-0.25, -0.2) is 4.79 Å². The number of aliphatic carboxylic acids is 1. The third-order valence-corrected chi connectivity index (χ3v) is 12.3. The Balaban J connectivity index is 1.25. The fraction of sp³-hybridized carbons (Fsp3) is 0.656. The van der Waals surface area contributed by atoms with Gasteiger partial charge in [-0.2, -0.15) is 0 Å². The summed E-state index contributed by atoms with van der Waals surface area (Å²) in [7, 11) is -1.28. The molecule has 10 heteroatoms. The summed E-state index contributed by atoms with van der Waals surface area (Å²) in [6.07, 6.45) is 2.08. The smallest absolute Gasteiger partial charge is 0.482 e. The predicted octanol–water partition coefficient (Wildman–Crippen LogP) is 3.06. The van der Waals surface area contributed by atoms with Crippen LogP contribution >= 0.6 is 0 Å². The monoisotopic (exact) mass is 580 g/mol. The maximum absolute atomic E-state index is 13.4. The Morgan fingerprint density at radius 1 is 1.26 bits per heavy atom. The summed E-state index contributed by atoms with van der Waals surface area (Å²) in [6, 6.07) is 4.80. The molecule has 5 saturated carbocycles. The summed E-state index contributed by atoms with van der Waals surface area (Å²) in [6.45, 7) is 12.2. The van der Waals surface area contributed by atoms with Crippen molar-refractivity contribution in [2.75, 3.05) is 6.61 Å². The second kappa shape index (κ2) is 9.93. The average molecular weight is 580 g/mol. The molecule has 3 N–H and O–H groups in total. The number of carboxylic acid groups (broad SMARTS) is 1. The third kappa shape index (κ3) is 3.97. The molecule has 11 atom stereocenters. The van der Waals surface area contributed by atoms with E-state index in [2.05, 4.69) is 27.4 Å². The van der Waals surface area contributed by atoms with Gasteiger partial charge in [-0.1, -0.05) is 39.8 Å². The van der Waals surface area contributed by atoms with Gasteiger partial charge in [-0.15, -0.1) is 6.58 Å².